The van der Waals surface area contributed by atoms with Crippen LogP contribution in [0.4, 0.5) is 17.1 Å². The Kier molecular flexibility index (Phi) is 7.83. The smallest absolute Gasteiger partial charge is 0.270 e. The summed E-state index contributed by atoms with van der Waals surface area (Å²) in [5.74, 6) is 0.983. The Hall–Kier alpha value is -4.38. The highest BCUT2D eigenvalue weighted by atomic mass is 32.2. The molecule has 0 radical (unpaired) electrons. The van der Waals surface area contributed by atoms with Gasteiger partial charge >= 0.3 is 0 Å². The highest BCUT2D eigenvalue weighted by Crippen LogP contribution is 2.31. The summed E-state index contributed by atoms with van der Waals surface area (Å²) in [6.45, 7) is 0. The van der Waals surface area contributed by atoms with Crippen molar-refractivity contribution >= 4 is 39.4 Å². The molecule has 0 aliphatic heterocycles. The summed E-state index contributed by atoms with van der Waals surface area (Å²) >= 11 is 0. The number of nitro groups is 1. The van der Waals surface area contributed by atoms with Gasteiger partial charge in [-0.05, 0) is 36.4 Å². The number of ether oxygens (including phenoxy) is 2. The van der Waals surface area contributed by atoms with Gasteiger partial charge in [-0.15, -0.1) is 0 Å². The molecule has 3 aromatic rings. The second-order valence-corrected chi connectivity index (χ2v) is 8.39. The van der Waals surface area contributed by atoms with E-state index in [2.05, 4.69) is 15.2 Å². The summed E-state index contributed by atoms with van der Waals surface area (Å²) in [4.78, 5) is 10.2. The van der Waals surface area contributed by atoms with E-state index in [0.29, 0.717) is 11.5 Å². The van der Waals surface area contributed by atoms with Crippen LogP contribution in [-0.2, 0) is 10.0 Å². The predicted molar refractivity (Wildman–Crippen MR) is 131 cm³/mol. The third kappa shape index (κ3) is 5.90. The molecule has 11 heteroatoms. The Morgan fingerprint density at radius 3 is 2.32 bits per heavy atom. The van der Waals surface area contributed by atoms with E-state index in [1.165, 1.54) is 31.5 Å². The first-order valence-electron chi connectivity index (χ1n) is 9.88. The van der Waals surface area contributed by atoms with E-state index in [9.17, 15) is 18.5 Å². The number of hydrogen-bond acceptors (Lipinski definition) is 8. The maximum absolute atomic E-state index is 13.1. The van der Waals surface area contributed by atoms with Crippen molar-refractivity contribution in [2.75, 3.05) is 24.4 Å². The van der Waals surface area contributed by atoms with Gasteiger partial charge in [0.25, 0.3) is 15.7 Å². The summed E-state index contributed by atoms with van der Waals surface area (Å²) < 4.78 is 39.0. The molecule has 3 aromatic carbocycles. The molecular formula is C23H22N4O6S. The Labute approximate surface area is 196 Å². The Morgan fingerprint density at radius 1 is 0.941 bits per heavy atom. The van der Waals surface area contributed by atoms with Gasteiger partial charge in [0, 0.05) is 23.9 Å². The van der Waals surface area contributed by atoms with Crippen LogP contribution in [0, 0.1) is 10.1 Å². The molecule has 0 aliphatic carbocycles. The molecule has 0 unspecified atom stereocenters. The minimum absolute atomic E-state index is 0.0509. The molecule has 0 aromatic heterocycles. The quantitative estimate of drug-likeness (QED) is 0.247. The lowest BCUT2D eigenvalue weighted by Gasteiger charge is -2.14. The van der Waals surface area contributed by atoms with Gasteiger partial charge < -0.3 is 9.47 Å². The number of nitrogens with zero attached hydrogens (tertiary/aromatic N) is 2. The molecule has 0 amide bonds. The van der Waals surface area contributed by atoms with Gasteiger partial charge in [-0.25, -0.2) is 8.42 Å². The fourth-order valence-corrected chi connectivity index (χ4v) is 4.22. The fraction of sp³-hybridized carbons (Fsp3) is 0.0870. The molecule has 0 saturated carbocycles. The first-order chi connectivity index (χ1) is 16.4. The number of hydrogen-bond donors (Lipinski definition) is 2. The molecule has 0 atom stereocenters. The lowest BCUT2D eigenvalue weighted by molar-refractivity contribution is -0.385. The van der Waals surface area contributed by atoms with Gasteiger partial charge in [-0.2, -0.15) is 5.10 Å². The molecule has 0 bridgehead atoms. The zero-order valence-electron chi connectivity index (χ0n) is 18.3. The van der Waals surface area contributed by atoms with Gasteiger partial charge in [0.2, 0.25) is 0 Å². The normalized spacial score (nSPS) is 11.5. The molecule has 0 fully saturated rings. The van der Waals surface area contributed by atoms with Crippen LogP contribution in [0.15, 0.2) is 82.8 Å². The fourth-order valence-electron chi connectivity index (χ4n) is 2.97. The number of nitrogens with one attached hydrogen (secondary N) is 2. The minimum atomic E-state index is -4.23. The minimum Gasteiger partial charge on any atom is -0.496 e. The molecule has 34 heavy (non-hydrogen) atoms. The van der Waals surface area contributed by atoms with Crippen LogP contribution < -0.4 is 19.6 Å². The number of para-hydroxylation sites is 3. The van der Waals surface area contributed by atoms with Crippen LogP contribution in [0.3, 0.4) is 0 Å². The monoisotopic (exact) mass is 482 g/mol. The number of sulfonamides is 1. The summed E-state index contributed by atoms with van der Waals surface area (Å²) in [6.07, 6.45) is 4.82. The predicted octanol–water partition coefficient (Wildman–Crippen LogP) is 4.52. The van der Waals surface area contributed by atoms with Crippen LogP contribution in [0.5, 0.6) is 11.5 Å². The summed E-state index contributed by atoms with van der Waals surface area (Å²) in [5, 5.41) is 15.2. The van der Waals surface area contributed by atoms with Gasteiger partial charge in [0.15, 0.2) is 0 Å². The van der Waals surface area contributed by atoms with E-state index >= 15 is 0 Å². The van der Waals surface area contributed by atoms with Gasteiger partial charge in [-0.1, -0.05) is 30.3 Å². The van der Waals surface area contributed by atoms with Crippen molar-refractivity contribution in [3.8, 4) is 11.5 Å². The number of methoxy groups -OCH3 is 2. The lowest BCUT2D eigenvalue weighted by atomic mass is 10.2. The molecule has 10 nitrogen and oxygen atoms in total. The largest absolute Gasteiger partial charge is 0.496 e. The second kappa shape index (κ2) is 11.0. The molecule has 3 rings (SSSR count). The Bertz CT molecular complexity index is 1340. The van der Waals surface area contributed by atoms with Crippen molar-refractivity contribution in [3.63, 3.8) is 0 Å². The van der Waals surface area contributed by atoms with Crippen molar-refractivity contribution in [2.45, 2.75) is 4.90 Å². The molecular weight excluding hydrogens is 460 g/mol. The van der Waals surface area contributed by atoms with Crippen LogP contribution in [-0.4, -0.2) is 33.8 Å². The molecule has 0 saturated heterocycles. The van der Waals surface area contributed by atoms with Crippen molar-refractivity contribution < 1.29 is 22.8 Å². The zero-order valence-corrected chi connectivity index (χ0v) is 19.2. The first kappa shape index (κ1) is 24.3. The van der Waals surface area contributed by atoms with E-state index in [4.69, 9.17) is 9.47 Å². The van der Waals surface area contributed by atoms with Crippen molar-refractivity contribution in [1.29, 1.82) is 0 Å². The average Bonchev–Trinajstić information content (AvgIpc) is 2.84. The average molecular weight is 483 g/mol. The van der Waals surface area contributed by atoms with Crippen LogP contribution in [0.1, 0.15) is 5.56 Å². The highest BCUT2D eigenvalue weighted by molar-refractivity contribution is 7.93. The van der Waals surface area contributed by atoms with Crippen LogP contribution in [0.2, 0.25) is 0 Å². The number of anilines is 2. The molecule has 2 N–H and O–H groups in total. The maximum atomic E-state index is 13.1. The number of nitro benzene ring substituents is 1. The summed E-state index contributed by atoms with van der Waals surface area (Å²) in [6, 6.07) is 17.2. The van der Waals surface area contributed by atoms with Crippen LogP contribution >= 0.6 is 0 Å². The Balaban J connectivity index is 1.87. The first-order valence-corrected chi connectivity index (χ1v) is 11.4. The third-order valence-electron chi connectivity index (χ3n) is 4.58. The number of benzene rings is 3. The van der Waals surface area contributed by atoms with E-state index in [1.54, 1.807) is 37.5 Å². The highest BCUT2D eigenvalue weighted by Gasteiger charge is 2.23. The van der Waals surface area contributed by atoms with Gasteiger partial charge in [-0.3, -0.25) is 20.3 Å². The van der Waals surface area contributed by atoms with E-state index in [0.717, 1.165) is 11.6 Å². The lowest BCUT2D eigenvalue weighted by Crippen LogP contribution is -2.15. The Morgan fingerprint density at radius 2 is 1.62 bits per heavy atom. The zero-order chi connectivity index (χ0) is 24.6. The number of allylic oxidation sites excluding steroid dienone is 1. The molecule has 176 valence electrons. The third-order valence-corrected chi connectivity index (χ3v) is 5.98. The molecule has 0 heterocycles. The second-order valence-electron chi connectivity index (χ2n) is 6.73. The summed E-state index contributed by atoms with van der Waals surface area (Å²) in [5.41, 5.74) is 3.31. The van der Waals surface area contributed by atoms with E-state index in [1.807, 2.05) is 24.3 Å². The topological polar surface area (TPSA) is 132 Å². The standard InChI is InChI=1S/C23H22N4O6S/c1-32-21-11-5-3-8-17(21)9-7-15-24-25-20-14-13-18(27(28)29)16-23(20)34(30,31)26-19-10-4-6-12-22(19)33-2/h3-16,25-26H,1-2H3/b9-7+,24-15+. The summed E-state index contributed by atoms with van der Waals surface area (Å²) in [7, 11) is -1.26. The van der Waals surface area contributed by atoms with Crippen LogP contribution in [0.25, 0.3) is 6.08 Å². The van der Waals surface area contributed by atoms with Crippen molar-refractivity contribution in [3.05, 3.63) is 88.5 Å². The van der Waals surface area contributed by atoms with Crippen molar-refractivity contribution in [2.24, 2.45) is 5.10 Å². The van der Waals surface area contributed by atoms with Crippen molar-refractivity contribution in [1.82, 2.24) is 0 Å². The molecule has 0 spiro atoms. The van der Waals surface area contributed by atoms with Gasteiger partial charge in [0.1, 0.15) is 16.4 Å². The number of hydrazone groups is 1. The SMILES string of the molecule is COc1ccccc1/C=C/C=N/Nc1ccc([N+](=O)[O-])cc1S(=O)(=O)Nc1ccccc1OC. The van der Waals surface area contributed by atoms with E-state index < -0.39 is 14.9 Å². The number of rotatable bonds is 10. The van der Waals surface area contributed by atoms with E-state index in [-0.39, 0.29) is 22.0 Å². The maximum Gasteiger partial charge on any atom is 0.270 e. The van der Waals surface area contributed by atoms with Gasteiger partial charge in [0.05, 0.1) is 30.5 Å². The molecule has 0 aliphatic rings. The number of non-ortho nitro benzene ring substituents is 1.